The molecule has 0 radical (unpaired) electrons. The lowest BCUT2D eigenvalue weighted by Gasteiger charge is -2.23. The van der Waals surface area contributed by atoms with E-state index in [1.807, 2.05) is 12.4 Å². The maximum Gasteiger partial charge on any atom is 0.147 e. The van der Waals surface area contributed by atoms with Crippen molar-refractivity contribution in [3.63, 3.8) is 0 Å². The minimum absolute atomic E-state index is 0.395. The monoisotopic (exact) mass is 314 g/mol. The Morgan fingerprint density at radius 2 is 2.17 bits per heavy atom. The van der Waals surface area contributed by atoms with Crippen LogP contribution in [0, 0.1) is 5.92 Å². The lowest BCUT2D eigenvalue weighted by molar-refractivity contribution is 0.229. The molecule has 0 spiro atoms. The molecule has 1 aromatic heterocycles. The molecule has 0 bridgehead atoms. The first-order valence-electron chi connectivity index (χ1n) is 8.41. The third-order valence-corrected chi connectivity index (χ3v) is 4.45. The van der Waals surface area contributed by atoms with Gasteiger partial charge in [-0.2, -0.15) is 0 Å². The molecule has 1 atom stereocenters. The van der Waals surface area contributed by atoms with Gasteiger partial charge in [0.25, 0.3) is 0 Å². The standard InChI is InChI=1S/C18H26N4O/c1-14(2)22-13-19-20-18(22)12-21(3)11-15-8-9-23-17-7-5-4-6-16(17)10-15/h4-7,13-15H,8-12H2,1-3H3. The lowest BCUT2D eigenvalue weighted by Crippen LogP contribution is -2.28. The quantitative estimate of drug-likeness (QED) is 0.851. The maximum absolute atomic E-state index is 5.87. The molecule has 0 aliphatic carbocycles. The molecule has 0 saturated heterocycles. The summed E-state index contributed by atoms with van der Waals surface area (Å²) in [5, 5.41) is 8.33. The van der Waals surface area contributed by atoms with Gasteiger partial charge in [-0.3, -0.25) is 4.90 Å². The molecule has 1 aromatic carbocycles. The average Bonchev–Trinajstić information content (AvgIpc) is 2.87. The predicted octanol–water partition coefficient (Wildman–Crippen LogP) is 2.93. The Bertz CT molecular complexity index is 637. The molecular weight excluding hydrogens is 288 g/mol. The van der Waals surface area contributed by atoms with E-state index in [4.69, 9.17) is 4.74 Å². The molecular formula is C18H26N4O. The fourth-order valence-corrected chi connectivity index (χ4v) is 3.28. The number of ether oxygens (including phenoxy) is 1. The highest BCUT2D eigenvalue weighted by Gasteiger charge is 2.20. The highest BCUT2D eigenvalue weighted by atomic mass is 16.5. The van der Waals surface area contributed by atoms with Crippen molar-refractivity contribution in [2.45, 2.75) is 39.3 Å². The van der Waals surface area contributed by atoms with Crippen LogP contribution in [-0.4, -0.2) is 39.9 Å². The van der Waals surface area contributed by atoms with E-state index in [1.165, 1.54) is 5.56 Å². The zero-order chi connectivity index (χ0) is 16.2. The van der Waals surface area contributed by atoms with Crippen LogP contribution in [0.4, 0.5) is 0 Å². The Kier molecular flexibility index (Phi) is 4.96. The number of fused-ring (bicyclic) bond motifs is 1. The van der Waals surface area contributed by atoms with E-state index >= 15 is 0 Å². The molecule has 1 aliphatic rings. The highest BCUT2D eigenvalue weighted by molar-refractivity contribution is 5.34. The molecule has 0 saturated carbocycles. The van der Waals surface area contributed by atoms with Gasteiger partial charge in [-0.05, 0) is 51.3 Å². The first-order chi connectivity index (χ1) is 11.1. The molecule has 0 fully saturated rings. The largest absolute Gasteiger partial charge is 0.493 e. The van der Waals surface area contributed by atoms with E-state index < -0.39 is 0 Å². The van der Waals surface area contributed by atoms with Gasteiger partial charge >= 0.3 is 0 Å². The Morgan fingerprint density at radius 1 is 1.35 bits per heavy atom. The molecule has 0 N–H and O–H groups in total. The first-order valence-corrected chi connectivity index (χ1v) is 8.41. The summed E-state index contributed by atoms with van der Waals surface area (Å²) in [4.78, 5) is 2.35. The van der Waals surface area contributed by atoms with E-state index in [2.05, 4.69) is 58.8 Å². The lowest BCUT2D eigenvalue weighted by atomic mass is 9.96. The highest BCUT2D eigenvalue weighted by Crippen LogP contribution is 2.27. The summed E-state index contributed by atoms with van der Waals surface area (Å²) in [5.41, 5.74) is 1.33. The van der Waals surface area contributed by atoms with Gasteiger partial charge < -0.3 is 9.30 Å². The van der Waals surface area contributed by atoms with Gasteiger partial charge in [-0.1, -0.05) is 18.2 Å². The maximum atomic E-state index is 5.87. The Labute approximate surface area is 138 Å². The third-order valence-electron chi connectivity index (χ3n) is 4.45. The number of hydrogen-bond acceptors (Lipinski definition) is 4. The number of hydrogen-bond donors (Lipinski definition) is 0. The molecule has 124 valence electrons. The van der Waals surface area contributed by atoms with Gasteiger partial charge in [0.15, 0.2) is 0 Å². The number of rotatable bonds is 5. The predicted molar refractivity (Wildman–Crippen MR) is 90.5 cm³/mol. The van der Waals surface area contributed by atoms with Gasteiger partial charge in [0.1, 0.15) is 17.9 Å². The molecule has 5 heteroatoms. The summed E-state index contributed by atoms with van der Waals surface area (Å²) in [6.07, 6.45) is 4.00. The van der Waals surface area contributed by atoms with Gasteiger partial charge in [0, 0.05) is 12.6 Å². The zero-order valence-electron chi connectivity index (χ0n) is 14.3. The van der Waals surface area contributed by atoms with Gasteiger partial charge in [0.2, 0.25) is 0 Å². The summed E-state index contributed by atoms with van der Waals surface area (Å²) < 4.78 is 8.01. The van der Waals surface area contributed by atoms with Gasteiger partial charge in [-0.25, -0.2) is 0 Å². The SMILES string of the molecule is CC(C)n1cnnc1CN(C)CC1CCOc2ccccc2C1. The van der Waals surface area contributed by atoms with Crippen molar-refractivity contribution in [3.05, 3.63) is 42.0 Å². The topological polar surface area (TPSA) is 43.2 Å². The number of benzene rings is 1. The Balaban J connectivity index is 1.61. The third kappa shape index (κ3) is 3.91. The van der Waals surface area contributed by atoms with E-state index in [0.717, 1.165) is 44.1 Å². The van der Waals surface area contributed by atoms with Crippen molar-refractivity contribution in [3.8, 4) is 5.75 Å². The average molecular weight is 314 g/mol. The van der Waals surface area contributed by atoms with E-state index in [1.54, 1.807) is 0 Å². The second-order valence-corrected chi connectivity index (χ2v) is 6.76. The molecule has 1 aliphatic heterocycles. The fraction of sp³-hybridized carbons (Fsp3) is 0.556. The summed E-state index contributed by atoms with van der Waals surface area (Å²) in [6, 6.07) is 8.80. The minimum atomic E-state index is 0.395. The van der Waals surface area contributed by atoms with Crippen LogP contribution in [0.15, 0.2) is 30.6 Å². The van der Waals surface area contributed by atoms with E-state index in [0.29, 0.717) is 12.0 Å². The Morgan fingerprint density at radius 3 is 3.00 bits per heavy atom. The Hall–Kier alpha value is -1.88. The van der Waals surface area contributed by atoms with Crippen molar-refractivity contribution in [2.75, 3.05) is 20.2 Å². The van der Waals surface area contributed by atoms with E-state index in [9.17, 15) is 0 Å². The van der Waals surface area contributed by atoms with Crippen LogP contribution in [0.3, 0.4) is 0 Å². The van der Waals surface area contributed by atoms with Gasteiger partial charge in [0.05, 0.1) is 13.2 Å². The van der Waals surface area contributed by atoms with Crippen LogP contribution in [0.1, 0.15) is 37.7 Å². The molecule has 2 heterocycles. The van der Waals surface area contributed by atoms with Gasteiger partial charge in [-0.15, -0.1) is 10.2 Å². The second-order valence-electron chi connectivity index (χ2n) is 6.76. The summed E-state index contributed by atoms with van der Waals surface area (Å²) in [5.74, 6) is 2.70. The van der Waals surface area contributed by atoms with Crippen LogP contribution in [0.25, 0.3) is 0 Å². The van der Waals surface area contributed by atoms with Crippen LogP contribution in [-0.2, 0) is 13.0 Å². The van der Waals surface area contributed by atoms with Crippen molar-refractivity contribution < 1.29 is 4.74 Å². The number of para-hydroxylation sites is 1. The number of nitrogens with zero attached hydrogens (tertiary/aromatic N) is 4. The summed E-state index contributed by atoms with van der Waals surface area (Å²) >= 11 is 0. The summed E-state index contributed by atoms with van der Waals surface area (Å²) in [7, 11) is 2.16. The first kappa shape index (κ1) is 16.0. The van der Waals surface area contributed by atoms with Crippen molar-refractivity contribution in [1.82, 2.24) is 19.7 Å². The second kappa shape index (κ2) is 7.13. The van der Waals surface area contributed by atoms with Crippen molar-refractivity contribution >= 4 is 0 Å². The van der Waals surface area contributed by atoms with Crippen molar-refractivity contribution in [1.29, 1.82) is 0 Å². The molecule has 23 heavy (non-hydrogen) atoms. The van der Waals surface area contributed by atoms with Crippen LogP contribution < -0.4 is 4.74 Å². The fourth-order valence-electron chi connectivity index (χ4n) is 3.28. The van der Waals surface area contributed by atoms with E-state index in [-0.39, 0.29) is 0 Å². The van der Waals surface area contributed by atoms with Crippen LogP contribution >= 0.6 is 0 Å². The molecule has 2 aromatic rings. The van der Waals surface area contributed by atoms with Crippen LogP contribution in [0.5, 0.6) is 5.75 Å². The molecule has 3 rings (SSSR count). The van der Waals surface area contributed by atoms with Crippen LogP contribution in [0.2, 0.25) is 0 Å². The zero-order valence-corrected chi connectivity index (χ0v) is 14.3. The normalized spacial score (nSPS) is 17.9. The molecule has 5 nitrogen and oxygen atoms in total. The summed E-state index contributed by atoms with van der Waals surface area (Å²) in [6.45, 7) is 7.00. The molecule has 1 unspecified atom stereocenters. The molecule has 0 amide bonds. The smallest absolute Gasteiger partial charge is 0.147 e. The number of aromatic nitrogens is 3. The van der Waals surface area contributed by atoms with Crippen molar-refractivity contribution in [2.24, 2.45) is 5.92 Å². The minimum Gasteiger partial charge on any atom is -0.493 e.